The molecule has 4 nitrogen and oxygen atoms in total. The summed E-state index contributed by atoms with van der Waals surface area (Å²) in [5, 5.41) is 8.86. The van der Waals surface area contributed by atoms with Crippen molar-refractivity contribution in [1.29, 1.82) is 5.26 Å². The van der Waals surface area contributed by atoms with Gasteiger partial charge >= 0.3 is 0 Å². The Morgan fingerprint density at radius 3 is 2.65 bits per heavy atom. The van der Waals surface area contributed by atoms with E-state index in [2.05, 4.69) is 6.07 Å². The van der Waals surface area contributed by atoms with E-state index in [4.69, 9.17) is 14.7 Å². The van der Waals surface area contributed by atoms with Gasteiger partial charge in [-0.05, 0) is 48.0 Å². The number of rotatable bonds is 7. The van der Waals surface area contributed by atoms with Crippen LogP contribution in [0.2, 0.25) is 0 Å². The van der Waals surface area contributed by atoms with Crippen molar-refractivity contribution in [3.05, 3.63) is 71.3 Å². The highest BCUT2D eigenvalue weighted by atomic mass is 16.5. The van der Waals surface area contributed by atoms with Crippen LogP contribution in [0.5, 0.6) is 5.75 Å². The van der Waals surface area contributed by atoms with Crippen molar-refractivity contribution in [3.8, 4) is 11.8 Å². The average Bonchev–Trinajstić information content (AvgIpc) is 2.60. The molecule has 2 aromatic rings. The Hall–Kier alpha value is -2.90. The highest BCUT2D eigenvalue weighted by molar-refractivity contribution is 6.06. The van der Waals surface area contributed by atoms with Gasteiger partial charge in [0.05, 0.1) is 18.2 Å². The molecule has 0 heterocycles. The van der Waals surface area contributed by atoms with Gasteiger partial charge in [-0.2, -0.15) is 5.26 Å². The van der Waals surface area contributed by atoms with E-state index in [1.165, 1.54) is 6.08 Å². The van der Waals surface area contributed by atoms with Crippen molar-refractivity contribution in [2.45, 2.75) is 0 Å². The number of hydrogen-bond donors (Lipinski definition) is 0. The number of hydrogen-bond acceptors (Lipinski definition) is 4. The molecule has 0 spiro atoms. The van der Waals surface area contributed by atoms with E-state index in [-0.39, 0.29) is 5.78 Å². The lowest BCUT2D eigenvalue weighted by Crippen LogP contribution is -2.04. The number of ether oxygens (including phenoxy) is 2. The van der Waals surface area contributed by atoms with E-state index in [1.54, 1.807) is 55.7 Å². The lowest BCUT2D eigenvalue weighted by molar-refractivity contribution is 0.104. The molecular formula is C19H17NO3. The smallest absolute Gasteiger partial charge is 0.185 e. The number of allylic oxidation sites excluding steroid dienone is 1. The molecule has 0 aliphatic carbocycles. The van der Waals surface area contributed by atoms with Gasteiger partial charge in [-0.15, -0.1) is 0 Å². The van der Waals surface area contributed by atoms with Crippen LogP contribution in [0.4, 0.5) is 0 Å². The first-order valence-electron chi connectivity index (χ1n) is 7.17. The molecule has 0 fully saturated rings. The fourth-order valence-corrected chi connectivity index (χ4v) is 1.94. The molecule has 0 radical (unpaired) electrons. The third-order valence-electron chi connectivity index (χ3n) is 3.14. The van der Waals surface area contributed by atoms with E-state index in [0.29, 0.717) is 30.1 Å². The van der Waals surface area contributed by atoms with Gasteiger partial charge in [-0.25, -0.2) is 0 Å². The van der Waals surface area contributed by atoms with Gasteiger partial charge in [0.15, 0.2) is 5.78 Å². The van der Waals surface area contributed by atoms with E-state index >= 15 is 0 Å². The Balaban J connectivity index is 2.00. The summed E-state index contributed by atoms with van der Waals surface area (Å²) in [4.78, 5) is 12.1. The molecule has 2 rings (SSSR count). The van der Waals surface area contributed by atoms with Gasteiger partial charge in [0.2, 0.25) is 0 Å². The minimum absolute atomic E-state index is 0.101. The molecule has 0 aromatic heterocycles. The lowest BCUT2D eigenvalue weighted by atomic mass is 10.1. The maximum Gasteiger partial charge on any atom is 0.185 e. The second kappa shape index (κ2) is 8.52. The fourth-order valence-electron chi connectivity index (χ4n) is 1.94. The van der Waals surface area contributed by atoms with E-state index < -0.39 is 0 Å². The molecule has 0 saturated heterocycles. The summed E-state index contributed by atoms with van der Waals surface area (Å²) >= 11 is 0. The first-order valence-corrected chi connectivity index (χ1v) is 7.17. The van der Waals surface area contributed by atoms with Crippen molar-refractivity contribution in [3.63, 3.8) is 0 Å². The molecule has 4 heteroatoms. The first kappa shape index (κ1) is 16.5. The summed E-state index contributed by atoms with van der Waals surface area (Å²) in [7, 11) is 1.61. The number of nitriles is 1. The third kappa shape index (κ3) is 5.10. The molecule has 0 aliphatic heterocycles. The Morgan fingerprint density at radius 1 is 1.17 bits per heavy atom. The van der Waals surface area contributed by atoms with E-state index in [9.17, 15) is 4.79 Å². The van der Waals surface area contributed by atoms with Crippen molar-refractivity contribution in [2.75, 3.05) is 20.3 Å². The Labute approximate surface area is 135 Å². The van der Waals surface area contributed by atoms with Crippen molar-refractivity contribution in [2.24, 2.45) is 0 Å². The van der Waals surface area contributed by atoms with Crippen LogP contribution in [0.15, 0.2) is 54.6 Å². The summed E-state index contributed by atoms with van der Waals surface area (Å²) < 4.78 is 10.4. The topological polar surface area (TPSA) is 59.3 Å². The molecule has 0 saturated carbocycles. The molecule has 0 N–H and O–H groups in total. The largest absolute Gasteiger partial charge is 0.491 e. The average molecular weight is 307 g/mol. The second-order valence-corrected chi connectivity index (χ2v) is 4.80. The number of benzene rings is 2. The van der Waals surface area contributed by atoms with Crippen LogP contribution in [-0.4, -0.2) is 26.1 Å². The molecule has 23 heavy (non-hydrogen) atoms. The molecule has 116 valence electrons. The second-order valence-electron chi connectivity index (χ2n) is 4.80. The Bertz CT molecular complexity index is 727. The summed E-state index contributed by atoms with van der Waals surface area (Å²) in [5.41, 5.74) is 1.96. The number of methoxy groups -OCH3 is 1. The van der Waals surface area contributed by atoms with Crippen LogP contribution in [0.25, 0.3) is 6.08 Å². The summed E-state index contributed by atoms with van der Waals surface area (Å²) in [6, 6.07) is 16.1. The van der Waals surface area contributed by atoms with Gasteiger partial charge in [-0.3, -0.25) is 4.79 Å². The van der Waals surface area contributed by atoms with Gasteiger partial charge in [0.25, 0.3) is 0 Å². The zero-order valence-corrected chi connectivity index (χ0v) is 12.9. The molecular weight excluding hydrogens is 290 g/mol. The molecule has 0 unspecified atom stereocenters. The predicted octanol–water partition coefficient (Wildman–Crippen LogP) is 3.48. The lowest BCUT2D eigenvalue weighted by Gasteiger charge is -2.05. The number of carbonyl (C=O) groups excluding carboxylic acids is 1. The van der Waals surface area contributed by atoms with Gasteiger partial charge in [0, 0.05) is 12.7 Å². The zero-order valence-electron chi connectivity index (χ0n) is 12.9. The van der Waals surface area contributed by atoms with Crippen LogP contribution in [0, 0.1) is 11.3 Å². The number of carbonyl (C=O) groups is 1. The minimum Gasteiger partial charge on any atom is -0.491 e. The van der Waals surface area contributed by atoms with Crippen LogP contribution in [0.3, 0.4) is 0 Å². The fraction of sp³-hybridized carbons (Fsp3) is 0.158. The highest BCUT2D eigenvalue weighted by Gasteiger charge is 2.02. The summed E-state index contributed by atoms with van der Waals surface area (Å²) in [6.45, 7) is 0.990. The van der Waals surface area contributed by atoms with Crippen LogP contribution < -0.4 is 4.74 Å². The summed E-state index contributed by atoms with van der Waals surface area (Å²) in [6.07, 6.45) is 3.20. The molecule has 0 amide bonds. The van der Waals surface area contributed by atoms with Crippen molar-refractivity contribution < 1.29 is 14.3 Å². The number of nitrogens with zero attached hydrogens (tertiary/aromatic N) is 1. The maximum atomic E-state index is 12.1. The normalized spacial score (nSPS) is 10.4. The van der Waals surface area contributed by atoms with Crippen LogP contribution >= 0.6 is 0 Å². The molecule has 0 atom stereocenters. The Kier molecular flexibility index (Phi) is 6.10. The number of ketones is 1. The summed E-state index contributed by atoms with van der Waals surface area (Å²) in [5.74, 6) is 0.597. The van der Waals surface area contributed by atoms with E-state index in [1.807, 2.05) is 6.07 Å². The third-order valence-corrected chi connectivity index (χ3v) is 3.14. The monoisotopic (exact) mass is 307 g/mol. The SMILES string of the molecule is COCCOc1ccc(C(=O)/C=C/c2cccc(C#N)c2)cc1. The maximum absolute atomic E-state index is 12.1. The van der Waals surface area contributed by atoms with Gasteiger partial charge < -0.3 is 9.47 Å². The first-order chi connectivity index (χ1) is 11.2. The molecule has 0 aliphatic rings. The highest BCUT2D eigenvalue weighted by Crippen LogP contribution is 2.14. The van der Waals surface area contributed by atoms with Gasteiger partial charge in [0.1, 0.15) is 12.4 Å². The van der Waals surface area contributed by atoms with Crippen molar-refractivity contribution in [1.82, 2.24) is 0 Å². The van der Waals surface area contributed by atoms with Gasteiger partial charge in [-0.1, -0.05) is 18.2 Å². The predicted molar refractivity (Wildman–Crippen MR) is 88.3 cm³/mol. The Morgan fingerprint density at radius 2 is 1.96 bits per heavy atom. The zero-order chi connectivity index (χ0) is 16.5. The van der Waals surface area contributed by atoms with E-state index in [0.717, 1.165) is 5.56 Å². The molecule has 2 aromatic carbocycles. The van der Waals surface area contributed by atoms with Crippen LogP contribution in [0.1, 0.15) is 21.5 Å². The minimum atomic E-state index is -0.101. The van der Waals surface area contributed by atoms with Crippen molar-refractivity contribution >= 4 is 11.9 Å². The standard InChI is InChI=1S/C19H17NO3/c1-22-11-12-23-18-8-6-17(7-9-18)19(21)10-5-15-3-2-4-16(13-15)14-20/h2-10,13H,11-12H2,1H3/b10-5+. The quantitative estimate of drug-likeness (QED) is 0.446. The molecule has 0 bridgehead atoms. The van der Waals surface area contributed by atoms with Crippen LogP contribution in [-0.2, 0) is 4.74 Å².